The van der Waals surface area contributed by atoms with Gasteiger partial charge in [0.25, 0.3) is 5.91 Å². The van der Waals surface area contributed by atoms with E-state index in [4.69, 9.17) is 5.73 Å². The van der Waals surface area contributed by atoms with Crippen LogP contribution in [-0.4, -0.2) is 25.6 Å². The number of nitrogens with one attached hydrogen (secondary N) is 1. The first-order valence-electron chi connectivity index (χ1n) is 6.87. The van der Waals surface area contributed by atoms with Crippen LogP contribution in [0.15, 0.2) is 24.3 Å². The molecule has 1 amide bonds. The van der Waals surface area contributed by atoms with Crippen LogP contribution in [0.2, 0.25) is 0 Å². The van der Waals surface area contributed by atoms with Crippen LogP contribution in [0.3, 0.4) is 0 Å². The first-order valence-corrected chi connectivity index (χ1v) is 6.87. The molecule has 6 heteroatoms. The molecule has 0 aromatic heterocycles. The van der Waals surface area contributed by atoms with E-state index in [-0.39, 0.29) is 17.1 Å². The molecule has 4 nitrogen and oxygen atoms in total. The number of alkyl halides is 2. The number of rotatable bonds is 8. The molecule has 21 heavy (non-hydrogen) atoms. The number of halogens is 2. The highest BCUT2D eigenvalue weighted by Gasteiger charge is 2.19. The minimum atomic E-state index is -2.90. The Kier molecular flexibility index (Phi) is 6.55. The number of hydrogen-bond donors (Lipinski definition) is 2. The lowest BCUT2D eigenvalue weighted by atomic mass is 9.87. The summed E-state index contributed by atoms with van der Waals surface area (Å²) in [6, 6.07) is 5.75. The van der Waals surface area contributed by atoms with E-state index in [1.54, 1.807) is 6.07 Å². The van der Waals surface area contributed by atoms with Crippen LogP contribution >= 0.6 is 0 Å². The lowest BCUT2D eigenvalue weighted by Crippen LogP contribution is -2.34. The molecule has 0 saturated carbocycles. The summed E-state index contributed by atoms with van der Waals surface area (Å²) in [5.41, 5.74) is 5.71. The highest BCUT2D eigenvalue weighted by Crippen LogP contribution is 2.21. The van der Waals surface area contributed by atoms with Gasteiger partial charge in [-0.2, -0.15) is 8.78 Å². The van der Waals surface area contributed by atoms with Crippen molar-refractivity contribution in [2.75, 3.05) is 13.1 Å². The lowest BCUT2D eigenvalue weighted by Gasteiger charge is -2.24. The first-order chi connectivity index (χ1) is 9.84. The van der Waals surface area contributed by atoms with Gasteiger partial charge in [0, 0.05) is 12.1 Å². The average molecular weight is 300 g/mol. The quantitative estimate of drug-likeness (QED) is 0.776. The summed E-state index contributed by atoms with van der Waals surface area (Å²) < 4.78 is 28.6. The molecular weight excluding hydrogens is 278 g/mol. The number of benzene rings is 1. The molecule has 0 fully saturated rings. The van der Waals surface area contributed by atoms with Crippen molar-refractivity contribution < 1.29 is 18.3 Å². The van der Waals surface area contributed by atoms with E-state index in [2.05, 4.69) is 10.1 Å². The number of carbonyl (C=O) groups excluding carboxylic acids is 1. The highest BCUT2D eigenvalue weighted by molar-refractivity contribution is 5.94. The van der Waals surface area contributed by atoms with Crippen LogP contribution in [-0.2, 0) is 0 Å². The third kappa shape index (κ3) is 6.53. The van der Waals surface area contributed by atoms with Gasteiger partial charge in [0.2, 0.25) is 0 Å². The molecule has 1 aromatic rings. The Hall–Kier alpha value is -1.69. The Labute approximate surface area is 123 Å². The van der Waals surface area contributed by atoms with Gasteiger partial charge in [0.15, 0.2) is 0 Å². The molecule has 1 aromatic carbocycles. The first kappa shape index (κ1) is 17.4. The van der Waals surface area contributed by atoms with Gasteiger partial charge in [0.05, 0.1) is 0 Å². The summed E-state index contributed by atoms with van der Waals surface area (Å²) in [6.07, 6.45) is 1.79. The van der Waals surface area contributed by atoms with E-state index in [1.807, 2.05) is 13.8 Å². The maximum Gasteiger partial charge on any atom is 0.387 e. The van der Waals surface area contributed by atoms with Gasteiger partial charge >= 0.3 is 6.61 Å². The Balaban J connectivity index is 2.59. The van der Waals surface area contributed by atoms with Gasteiger partial charge in [-0.1, -0.05) is 19.9 Å². The number of carbonyl (C=O) groups is 1. The summed E-state index contributed by atoms with van der Waals surface area (Å²) in [5.74, 6) is -0.337. The number of nitrogens with two attached hydrogens (primary N) is 1. The molecule has 0 radical (unpaired) electrons. The Bertz CT molecular complexity index is 465. The highest BCUT2D eigenvalue weighted by atomic mass is 19.3. The molecule has 0 unspecified atom stereocenters. The van der Waals surface area contributed by atoms with Crippen LogP contribution in [0.4, 0.5) is 8.78 Å². The molecule has 0 saturated heterocycles. The van der Waals surface area contributed by atoms with E-state index in [9.17, 15) is 13.6 Å². The summed E-state index contributed by atoms with van der Waals surface area (Å²) in [4.78, 5) is 12.0. The Morgan fingerprint density at radius 1 is 1.43 bits per heavy atom. The fraction of sp³-hybridized carbons (Fsp3) is 0.533. The third-order valence-corrected chi connectivity index (χ3v) is 3.11. The topological polar surface area (TPSA) is 64.3 Å². The average Bonchev–Trinajstić information content (AvgIpc) is 2.42. The number of hydrogen-bond acceptors (Lipinski definition) is 3. The zero-order valence-electron chi connectivity index (χ0n) is 12.4. The lowest BCUT2D eigenvalue weighted by molar-refractivity contribution is -0.0498. The zero-order chi connectivity index (χ0) is 15.9. The monoisotopic (exact) mass is 300 g/mol. The van der Waals surface area contributed by atoms with Crippen LogP contribution in [0.25, 0.3) is 0 Å². The van der Waals surface area contributed by atoms with Crippen molar-refractivity contribution in [2.45, 2.75) is 33.3 Å². The molecule has 0 atom stereocenters. The second-order valence-electron chi connectivity index (χ2n) is 5.65. The minimum absolute atomic E-state index is 0.0277. The predicted molar refractivity (Wildman–Crippen MR) is 77.5 cm³/mol. The Morgan fingerprint density at radius 2 is 2.14 bits per heavy atom. The predicted octanol–water partition coefficient (Wildman–Crippen LogP) is 2.78. The second kappa shape index (κ2) is 7.93. The molecule has 118 valence electrons. The largest absolute Gasteiger partial charge is 0.435 e. The van der Waals surface area contributed by atoms with E-state index < -0.39 is 6.61 Å². The SMILES string of the molecule is CC(C)(CCCN)CNC(=O)c1cccc(OC(F)F)c1. The summed E-state index contributed by atoms with van der Waals surface area (Å²) in [7, 11) is 0. The van der Waals surface area contributed by atoms with E-state index in [1.165, 1.54) is 18.2 Å². The van der Waals surface area contributed by atoms with Crippen LogP contribution in [0, 0.1) is 5.41 Å². The van der Waals surface area contributed by atoms with Gasteiger partial charge in [-0.05, 0) is 43.0 Å². The normalized spacial score (nSPS) is 11.5. The molecule has 0 bridgehead atoms. The van der Waals surface area contributed by atoms with Gasteiger partial charge in [0.1, 0.15) is 5.75 Å². The Morgan fingerprint density at radius 3 is 2.76 bits per heavy atom. The standard InChI is InChI=1S/C15H22F2N2O2/c1-15(2,7-4-8-18)10-19-13(20)11-5-3-6-12(9-11)21-14(16)17/h3,5-6,9,14H,4,7-8,10,18H2,1-2H3,(H,19,20). The zero-order valence-corrected chi connectivity index (χ0v) is 12.4. The molecule has 0 aliphatic carbocycles. The molecule has 0 aliphatic rings. The molecule has 0 aliphatic heterocycles. The van der Waals surface area contributed by atoms with Crippen molar-refractivity contribution in [1.29, 1.82) is 0 Å². The fourth-order valence-electron chi connectivity index (χ4n) is 1.90. The molecule has 3 N–H and O–H groups in total. The van der Waals surface area contributed by atoms with Gasteiger partial charge in [-0.3, -0.25) is 4.79 Å². The van der Waals surface area contributed by atoms with Gasteiger partial charge in [-0.25, -0.2) is 0 Å². The summed E-state index contributed by atoms with van der Waals surface area (Å²) >= 11 is 0. The van der Waals surface area contributed by atoms with Crippen molar-refractivity contribution in [3.05, 3.63) is 29.8 Å². The van der Waals surface area contributed by atoms with E-state index in [0.717, 1.165) is 12.8 Å². The van der Waals surface area contributed by atoms with Crippen molar-refractivity contribution >= 4 is 5.91 Å². The second-order valence-corrected chi connectivity index (χ2v) is 5.65. The fourth-order valence-corrected chi connectivity index (χ4v) is 1.90. The van der Waals surface area contributed by atoms with Crippen molar-refractivity contribution in [2.24, 2.45) is 11.1 Å². The summed E-state index contributed by atoms with van der Waals surface area (Å²) in [5, 5.41) is 2.81. The number of ether oxygens (including phenoxy) is 1. The van der Waals surface area contributed by atoms with Crippen molar-refractivity contribution in [3.63, 3.8) is 0 Å². The molecule has 1 rings (SSSR count). The van der Waals surface area contributed by atoms with Crippen molar-refractivity contribution in [3.8, 4) is 5.75 Å². The van der Waals surface area contributed by atoms with Gasteiger partial charge < -0.3 is 15.8 Å². The maximum absolute atomic E-state index is 12.1. The smallest absolute Gasteiger partial charge is 0.387 e. The molecule has 0 heterocycles. The molecular formula is C15H22F2N2O2. The van der Waals surface area contributed by atoms with Crippen LogP contribution < -0.4 is 15.8 Å². The minimum Gasteiger partial charge on any atom is -0.435 e. The van der Waals surface area contributed by atoms with Gasteiger partial charge in [-0.15, -0.1) is 0 Å². The van der Waals surface area contributed by atoms with Crippen LogP contribution in [0.5, 0.6) is 5.75 Å². The van der Waals surface area contributed by atoms with E-state index in [0.29, 0.717) is 18.7 Å². The third-order valence-electron chi connectivity index (χ3n) is 3.11. The van der Waals surface area contributed by atoms with Crippen LogP contribution in [0.1, 0.15) is 37.0 Å². The molecule has 0 spiro atoms. The number of amides is 1. The van der Waals surface area contributed by atoms with E-state index >= 15 is 0 Å². The maximum atomic E-state index is 12.1. The summed E-state index contributed by atoms with van der Waals surface area (Å²) in [6.45, 7) is 2.29. The van der Waals surface area contributed by atoms with Crippen molar-refractivity contribution in [1.82, 2.24) is 5.32 Å².